The van der Waals surface area contributed by atoms with Crippen LogP contribution in [0.25, 0.3) is 22.2 Å². The zero-order chi connectivity index (χ0) is 29.4. The van der Waals surface area contributed by atoms with Gasteiger partial charge >= 0.3 is 6.15 Å². The van der Waals surface area contributed by atoms with Crippen LogP contribution < -0.4 is 5.32 Å². The van der Waals surface area contributed by atoms with Gasteiger partial charge in [0.15, 0.2) is 0 Å². The van der Waals surface area contributed by atoms with E-state index in [4.69, 9.17) is 21.0 Å². The van der Waals surface area contributed by atoms with E-state index in [-0.39, 0.29) is 12.1 Å². The summed E-state index contributed by atoms with van der Waals surface area (Å²) in [5, 5.41) is 3.02. The van der Waals surface area contributed by atoms with Crippen LogP contribution in [0.3, 0.4) is 0 Å². The van der Waals surface area contributed by atoms with Gasteiger partial charge in [-0.15, -0.1) is 6.42 Å². The average molecular weight is 542 g/mol. The number of aromatic nitrogens is 2. The van der Waals surface area contributed by atoms with Crippen LogP contribution in [0, 0.1) is 19.3 Å². The molecule has 204 valence electrons. The van der Waals surface area contributed by atoms with Crippen LogP contribution in [0.1, 0.15) is 58.7 Å². The SMILES string of the molecule is C#C[C@H](NC(=O)c1ccc2nc(C)n(Cc3ccc(-c4ccccc4)cc3)c2c1)c1cccc(C(C)C)c1.O=C=O. The van der Waals surface area contributed by atoms with E-state index >= 15 is 0 Å². The smallest absolute Gasteiger partial charge is 0.334 e. The molecule has 0 fully saturated rings. The highest BCUT2D eigenvalue weighted by Crippen LogP contribution is 2.24. The molecule has 41 heavy (non-hydrogen) atoms. The Hall–Kier alpha value is -5.24. The molecule has 0 aliphatic carbocycles. The number of hydrogen-bond acceptors (Lipinski definition) is 4. The Balaban J connectivity index is 0.00000124. The predicted octanol–water partition coefficient (Wildman–Crippen LogP) is 6.70. The van der Waals surface area contributed by atoms with Crippen molar-refractivity contribution in [3.8, 4) is 23.5 Å². The third-order valence-electron chi connectivity index (χ3n) is 6.96. The van der Waals surface area contributed by atoms with Crippen LogP contribution in [0.2, 0.25) is 0 Å². The Kier molecular flexibility index (Phi) is 9.27. The van der Waals surface area contributed by atoms with Crippen molar-refractivity contribution < 1.29 is 14.4 Å². The molecule has 0 saturated heterocycles. The lowest BCUT2D eigenvalue weighted by molar-refractivity contribution is -0.191. The number of rotatable bonds is 7. The Labute approximate surface area is 240 Å². The number of terminal acetylenes is 1. The molecule has 0 unspecified atom stereocenters. The van der Waals surface area contributed by atoms with Crippen LogP contribution in [-0.4, -0.2) is 21.6 Å². The van der Waals surface area contributed by atoms with Crippen molar-refractivity contribution in [1.82, 2.24) is 14.9 Å². The lowest BCUT2D eigenvalue weighted by Gasteiger charge is -2.16. The maximum atomic E-state index is 13.3. The van der Waals surface area contributed by atoms with Crippen molar-refractivity contribution in [2.75, 3.05) is 0 Å². The van der Waals surface area contributed by atoms with Crippen LogP contribution >= 0.6 is 0 Å². The standard InChI is InChI=1S/C34H31N3O.CO2/c1-5-31(29-13-9-12-28(20-29)23(2)3)36-34(38)30-18-19-32-33(21-30)37(24(4)35-32)22-25-14-16-27(17-15-25)26-10-7-6-8-11-26;2-1-3/h1,6-21,23,31H,22H2,2-4H3,(H,36,38);/t31-;/m0./s1. The van der Waals surface area contributed by atoms with Gasteiger partial charge in [-0.05, 0) is 58.9 Å². The lowest BCUT2D eigenvalue weighted by atomic mass is 9.98. The first-order valence-electron chi connectivity index (χ1n) is 13.3. The van der Waals surface area contributed by atoms with Crippen molar-refractivity contribution in [2.24, 2.45) is 0 Å². The van der Waals surface area contributed by atoms with E-state index in [0.29, 0.717) is 18.0 Å². The minimum absolute atomic E-state index is 0.206. The molecule has 5 rings (SSSR count). The number of amides is 1. The number of nitrogens with zero attached hydrogens (tertiary/aromatic N) is 2. The molecule has 0 aliphatic rings. The van der Waals surface area contributed by atoms with Crippen molar-refractivity contribution in [1.29, 1.82) is 0 Å². The number of aryl methyl sites for hydroxylation is 1. The summed E-state index contributed by atoms with van der Waals surface area (Å²) in [5.41, 5.74) is 7.97. The van der Waals surface area contributed by atoms with E-state index in [0.717, 1.165) is 22.4 Å². The third kappa shape index (κ3) is 6.86. The normalized spacial score (nSPS) is 11.2. The van der Waals surface area contributed by atoms with Crippen molar-refractivity contribution in [3.05, 3.63) is 125 Å². The molecule has 0 bridgehead atoms. The number of fused-ring (bicyclic) bond motifs is 1. The van der Waals surface area contributed by atoms with E-state index in [1.54, 1.807) is 6.07 Å². The number of carbonyl (C=O) groups is 1. The van der Waals surface area contributed by atoms with E-state index in [1.165, 1.54) is 22.3 Å². The van der Waals surface area contributed by atoms with Gasteiger partial charge in [0.2, 0.25) is 0 Å². The van der Waals surface area contributed by atoms with E-state index in [9.17, 15) is 4.79 Å². The van der Waals surface area contributed by atoms with Crippen molar-refractivity contribution in [3.63, 3.8) is 0 Å². The molecular formula is C35H31N3O3. The minimum atomic E-state index is -0.508. The first kappa shape index (κ1) is 28.8. The predicted molar refractivity (Wildman–Crippen MR) is 160 cm³/mol. The highest BCUT2D eigenvalue weighted by Gasteiger charge is 2.17. The molecule has 0 radical (unpaired) electrons. The van der Waals surface area contributed by atoms with Crippen molar-refractivity contribution >= 4 is 23.1 Å². The fraction of sp³-hybridized carbons (Fsp3) is 0.171. The van der Waals surface area contributed by atoms with Gasteiger partial charge in [-0.2, -0.15) is 9.59 Å². The van der Waals surface area contributed by atoms with Gasteiger partial charge in [-0.1, -0.05) is 98.6 Å². The van der Waals surface area contributed by atoms with E-state index < -0.39 is 6.04 Å². The zero-order valence-electron chi connectivity index (χ0n) is 23.3. The Morgan fingerprint density at radius 1 is 0.878 bits per heavy atom. The number of carbonyl (C=O) groups excluding carboxylic acids is 3. The number of imidazole rings is 1. The van der Waals surface area contributed by atoms with Gasteiger partial charge in [0.1, 0.15) is 11.9 Å². The Morgan fingerprint density at radius 2 is 1.54 bits per heavy atom. The molecule has 6 nitrogen and oxygen atoms in total. The van der Waals surface area contributed by atoms with Crippen LogP contribution in [0.15, 0.2) is 97.1 Å². The van der Waals surface area contributed by atoms with Gasteiger partial charge in [-0.25, -0.2) is 4.98 Å². The zero-order valence-corrected chi connectivity index (χ0v) is 23.3. The summed E-state index contributed by atoms with van der Waals surface area (Å²) in [5.74, 6) is 3.81. The average Bonchev–Trinajstić information content (AvgIpc) is 3.30. The van der Waals surface area contributed by atoms with Crippen LogP contribution in [0.5, 0.6) is 0 Å². The Bertz CT molecular complexity index is 1720. The molecule has 0 aliphatic heterocycles. The summed E-state index contributed by atoms with van der Waals surface area (Å²) in [4.78, 5) is 34.2. The lowest BCUT2D eigenvalue weighted by Crippen LogP contribution is -2.27. The first-order valence-corrected chi connectivity index (χ1v) is 13.3. The fourth-order valence-electron chi connectivity index (χ4n) is 4.73. The second-order valence-electron chi connectivity index (χ2n) is 9.99. The highest BCUT2D eigenvalue weighted by atomic mass is 16.2. The van der Waals surface area contributed by atoms with Gasteiger partial charge < -0.3 is 9.88 Å². The maximum absolute atomic E-state index is 13.3. The maximum Gasteiger partial charge on any atom is 0.373 e. The fourth-order valence-corrected chi connectivity index (χ4v) is 4.73. The molecule has 1 aromatic heterocycles. The van der Waals surface area contributed by atoms with Crippen LogP contribution in [-0.2, 0) is 16.1 Å². The largest absolute Gasteiger partial charge is 0.373 e. The number of nitrogens with one attached hydrogen (secondary N) is 1. The molecule has 1 heterocycles. The quantitative estimate of drug-likeness (QED) is 0.232. The molecule has 1 N–H and O–H groups in total. The van der Waals surface area contributed by atoms with E-state index in [2.05, 4.69) is 78.2 Å². The second-order valence-corrected chi connectivity index (χ2v) is 9.99. The molecule has 1 atom stereocenters. The molecule has 1 amide bonds. The number of benzene rings is 4. The van der Waals surface area contributed by atoms with Gasteiger partial charge in [0.05, 0.1) is 11.0 Å². The van der Waals surface area contributed by atoms with Gasteiger partial charge in [0, 0.05) is 12.1 Å². The molecule has 0 spiro atoms. The highest BCUT2D eigenvalue weighted by molar-refractivity contribution is 5.98. The van der Waals surface area contributed by atoms with Crippen molar-refractivity contribution in [2.45, 2.75) is 39.3 Å². The summed E-state index contributed by atoms with van der Waals surface area (Å²) in [6.45, 7) is 6.94. The molecule has 6 heteroatoms. The summed E-state index contributed by atoms with van der Waals surface area (Å²) >= 11 is 0. The van der Waals surface area contributed by atoms with Gasteiger partial charge in [0.25, 0.3) is 5.91 Å². The van der Waals surface area contributed by atoms with E-state index in [1.807, 2.05) is 49.4 Å². The monoisotopic (exact) mass is 541 g/mol. The Morgan fingerprint density at radius 3 is 2.20 bits per heavy atom. The summed E-state index contributed by atoms with van der Waals surface area (Å²) in [6.07, 6.45) is 6.08. The third-order valence-corrected chi connectivity index (χ3v) is 6.96. The number of hydrogen-bond donors (Lipinski definition) is 1. The summed E-state index contributed by atoms with van der Waals surface area (Å²) in [6, 6.07) is 32.1. The van der Waals surface area contributed by atoms with Gasteiger partial charge in [-0.3, -0.25) is 4.79 Å². The minimum Gasteiger partial charge on any atom is -0.334 e. The first-order chi connectivity index (χ1) is 19.8. The van der Waals surface area contributed by atoms with Crippen LogP contribution in [0.4, 0.5) is 0 Å². The topological polar surface area (TPSA) is 81.1 Å². The molecular weight excluding hydrogens is 510 g/mol. The molecule has 4 aromatic carbocycles. The summed E-state index contributed by atoms with van der Waals surface area (Å²) < 4.78 is 2.15. The summed E-state index contributed by atoms with van der Waals surface area (Å²) in [7, 11) is 0. The molecule has 5 aromatic rings. The second kappa shape index (κ2) is 13.2. The molecule has 0 saturated carbocycles.